The van der Waals surface area contributed by atoms with Gasteiger partial charge in [0.25, 0.3) is 0 Å². The van der Waals surface area contributed by atoms with Crippen molar-refractivity contribution in [1.29, 1.82) is 0 Å². The van der Waals surface area contributed by atoms with Crippen LogP contribution in [-0.4, -0.2) is 29.1 Å². The summed E-state index contributed by atoms with van der Waals surface area (Å²) in [5.41, 5.74) is 5.74. The number of carboxylic acid groups (broad SMARTS) is 1. The quantitative estimate of drug-likeness (QED) is 0.622. The molecule has 0 saturated heterocycles. The Labute approximate surface area is 96.4 Å². The molecule has 1 amide bonds. The Morgan fingerprint density at radius 2 is 1.81 bits per heavy atom. The molecule has 94 valence electrons. The summed E-state index contributed by atoms with van der Waals surface area (Å²) in [7, 11) is 0. The highest BCUT2D eigenvalue weighted by Gasteiger charge is 2.25. The van der Waals surface area contributed by atoms with Crippen molar-refractivity contribution in [3.05, 3.63) is 0 Å². The van der Waals surface area contributed by atoms with Crippen LogP contribution in [0.3, 0.4) is 0 Å². The summed E-state index contributed by atoms with van der Waals surface area (Å²) in [5, 5.41) is 11.4. The Morgan fingerprint density at radius 3 is 2.19 bits per heavy atom. The first-order valence-electron chi connectivity index (χ1n) is 5.60. The van der Waals surface area contributed by atoms with Gasteiger partial charge in [-0.15, -0.1) is 0 Å². The van der Waals surface area contributed by atoms with E-state index >= 15 is 0 Å². The highest BCUT2D eigenvalue weighted by atomic mass is 16.4. The highest BCUT2D eigenvalue weighted by Crippen LogP contribution is 2.07. The summed E-state index contributed by atoms with van der Waals surface area (Å²) in [5.74, 6) is -1.74. The molecule has 0 aromatic rings. The number of hydrogen-bond donors (Lipinski definition) is 3. The average molecular weight is 230 g/mol. The number of aliphatic carboxylic acids is 1. The number of nitrogens with two attached hydrogens (primary N) is 1. The predicted octanol–water partition coefficient (Wildman–Crippen LogP) is 0.585. The first kappa shape index (κ1) is 14.9. The highest BCUT2D eigenvalue weighted by molar-refractivity contribution is 5.82. The Morgan fingerprint density at radius 1 is 1.31 bits per heavy atom. The smallest absolute Gasteiger partial charge is 0.308 e. The summed E-state index contributed by atoms with van der Waals surface area (Å²) in [6.45, 7) is 7.08. The number of rotatable bonds is 6. The largest absolute Gasteiger partial charge is 0.481 e. The predicted molar refractivity (Wildman–Crippen MR) is 61.8 cm³/mol. The second-order valence-corrected chi connectivity index (χ2v) is 4.34. The Bertz CT molecular complexity index is 256. The van der Waals surface area contributed by atoms with Gasteiger partial charge in [0.05, 0.1) is 12.0 Å². The minimum atomic E-state index is -0.926. The van der Waals surface area contributed by atoms with Crippen molar-refractivity contribution in [3.8, 4) is 0 Å². The van der Waals surface area contributed by atoms with E-state index in [4.69, 9.17) is 10.8 Å². The van der Waals surface area contributed by atoms with Crippen LogP contribution in [-0.2, 0) is 9.59 Å². The fourth-order valence-electron chi connectivity index (χ4n) is 1.17. The summed E-state index contributed by atoms with van der Waals surface area (Å²) < 4.78 is 0. The molecule has 0 aliphatic carbocycles. The van der Waals surface area contributed by atoms with E-state index in [1.807, 2.05) is 13.8 Å². The zero-order chi connectivity index (χ0) is 12.9. The molecule has 2 unspecified atom stereocenters. The van der Waals surface area contributed by atoms with Gasteiger partial charge < -0.3 is 16.2 Å². The minimum Gasteiger partial charge on any atom is -0.481 e. The zero-order valence-electron chi connectivity index (χ0n) is 10.4. The number of amides is 1. The molecule has 0 saturated carbocycles. The molecule has 4 atom stereocenters. The molecule has 16 heavy (non-hydrogen) atoms. The molecule has 4 N–H and O–H groups in total. The van der Waals surface area contributed by atoms with Crippen LogP contribution in [0.1, 0.15) is 34.1 Å². The number of carboxylic acids is 1. The van der Waals surface area contributed by atoms with E-state index in [2.05, 4.69) is 5.32 Å². The number of carbonyl (C=O) groups excluding carboxylic acids is 1. The van der Waals surface area contributed by atoms with Crippen LogP contribution < -0.4 is 11.1 Å². The molecule has 5 nitrogen and oxygen atoms in total. The summed E-state index contributed by atoms with van der Waals surface area (Å²) in [6, 6.07) is -0.992. The van der Waals surface area contributed by atoms with Gasteiger partial charge in [-0.25, -0.2) is 0 Å². The molecular weight excluding hydrogens is 208 g/mol. The molecule has 0 bridgehead atoms. The van der Waals surface area contributed by atoms with E-state index < -0.39 is 24.0 Å². The fraction of sp³-hybridized carbons (Fsp3) is 0.818. The molecule has 0 heterocycles. The van der Waals surface area contributed by atoms with Gasteiger partial charge in [0, 0.05) is 6.04 Å². The molecule has 0 aromatic carbocycles. The topological polar surface area (TPSA) is 92.4 Å². The summed E-state index contributed by atoms with van der Waals surface area (Å²) in [6.07, 6.45) is 0.817. The van der Waals surface area contributed by atoms with Gasteiger partial charge in [0.15, 0.2) is 0 Å². The van der Waals surface area contributed by atoms with Crippen molar-refractivity contribution < 1.29 is 14.7 Å². The van der Waals surface area contributed by atoms with Crippen LogP contribution in [0.4, 0.5) is 0 Å². The fourth-order valence-corrected chi connectivity index (χ4v) is 1.17. The van der Waals surface area contributed by atoms with Crippen LogP contribution in [0, 0.1) is 11.8 Å². The van der Waals surface area contributed by atoms with Gasteiger partial charge in [0.2, 0.25) is 5.91 Å². The third-order valence-electron chi connectivity index (χ3n) is 3.07. The van der Waals surface area contributed by atoms with Crippen LogP contribution >= 0.6 is 0 Å². The minimum absolute atomic E-state index is 0.0901. The lowest BCUT2D eigenvalue weighted by atomic mass is 9.98. The maximum absolute atomic E-state index is 11.7. The molecule has 0 fully saturated rings. The van der Waals surface area contributed by atoms with Crippen molar-refractivity contribution in [2.24, 2.45) is 17.6 Å². The summed E-state index contributed by atoms with van der Waals surface area (Å²) >= 11 is 0. The second kappa shape index (κ2) is 6.48. The van der Waals surface area contributed by atoms with E-state index in [-0.39, 0.29) is 11.8 Å². The molecule has 0 rings (SSSR count). The molecule has 0 aliphatic heterocycles. The third kappa shape index (κ3) is 4.18. The lowest BCUT2D eigenvalue weighted by molar-refractivity contribution is -0.142. The molecule has 0 aliphatic rings. The van der Waals surface area contributed by atoms with Gasteiger partial charge in [-0.2, -0.15) is 0 Å². The SMILES string of the molecule is CC[C@H](C)[C@H](N)C(=O)NC(C)C(C)C(=O)O. The normalized spacial score (nSPS) is 18.3. The van der Waals surface area contributed by atoms with Crippen molar-refractivity contribution >= 4 is 11.9 Å². The number of hydrogen-bond acceptors (Lipinski definition) is 3. The van der Waals surface area contributed by atoms with Gasteiger partial charge in [-0.3, -0.25) is 9.59 Å². The Kier molecular flexibility index (Phi) is 6.03. The monoisotopic (exact) mass is 230 g/mol. The molecule has 0 radical (unpaired) electrons. The van der Waals surface area contributed by atoms with E-state index in [1.165, 1.54) is 0 Å². The first-order chi connectivity index (χ1) is 7.31. The van der Waals surface area contributed by atoms with Crippen LogP contribution in [0.2, 0.25) is 0 Å². The molecule has 0 spiro atoms. The second-order valence-electron chi connectivity index (χ2n) is 4.34. The van der Waals surface area contributed by atoms with E-state index in [1.54, 1.807) is 13.8 Å². The molecule has 0 aromatic heterocycles. The van der Waals surface area contributed by atoms with Gasteiger partial charge in [-0.1, -0.05) is 20.3 Å². The number of carbonyl (C=O) groups is 2. The van der Waals surface area contributed by atoms with Crippen molar-refractivity contribution in [1.82, 2.24) is 5.32 Å². The first-order valence-corrected chi connectivity index (χ1v) is 5.60. The lowest BCUT2D eigenvalue weighted by Gasteiger charge is -2.23. The van der Waals surface area contributed by atoms with Gasteiger partial charge >= 0.3 is 5.97 Å². The Balaban J connectivity index is 4.29. The van der Waals surface area contributed by atoms with Gasteiger partial charge in [0.1, 0.15) is 0 Å². The van der Waals surface area contributed by atoms with E-state index in [9.17, 15) is 9.59 Å². The standard InChI is InChI=1S/C11H22N2O3/c1-5-6(2)9(12)10(14)13-8(4)7(3)11(15)16/h6-9H,5,12H2,1-4H3,(H,13,14)(H,15,16)/t6-,7?,8?,9-/m0/s1. The van der Waals surface area contributed by atoms with E-state index in [0.717, 1.165) is 6.42 Å². The molecular formula is C11H22N2O3. The lowest BCUT2D eigenvalue weighted by Crippen LogP contribution is -2.50. The van der Waals surface area contributed by atoms with Crippen LogP contribution in [0.15, 0.2) is 0 Å². The van der Waals surface area contributed by atoms with Crippen molar-refractivity contribution in [2.75, 3.05) is 0 Å². The van der Waals surface area contributed by atoms with Crippen LogP contribution in [0.5, 0.6) is 0 Å². The average Bonchev–Trinajstić information content (AvgIpc) is 2.25. The number of nitrogens with one attached hydrogen (secondary N) is 1. The summed E-state index contributed by atoms with van der Waals surface area (Å²) in [4.78, 5) is 22.4. The van der Waals surface area contributed by atoms with Gasteiger partial charge in [-0.05, 0) is 19.8 Å². The van der Waals surface area contributed by atoms with Crippen molar-refractivity contribution in [2.45, 2.75) is 46.2 Å². The molecule has 5 heteroatoms. The van der Waals surface area contributed by atoms with Crippen LogP contribution in [0.25, 0.3) is 0 Å². The maximum Gasteiger partial charge on any atom is 0.308 e. The van der Waals surface area contributed by atoms with Crippen molar-refractivity contribution in [3.63, 3.8) is 0 Å². The third-order valence-corrected chi connectivity index (χ3v) is 3.07. The zero-order valence-corrected chi connectivity index (χ0v) is 10.4. The maximum atomic E-state index is 11.7. The van der Waals surface area contributed by atoms with E-state index in [0.29, 0.717) is 0 Å². The Hall–Kier alpha value is -1.10.